The van der Waals surface area contributed by atoms with Crippen LogP contribution in [0.25, 0.3) is 10.9 Å². The molecule has 32 heavy (non-hydrogen) atoms. The van der Waals surface area contributed by atoms with Gasteiger partial charge in [-0.1, -0.05) is 18.2 Å². The van der Waals surface area contributed by atoms with Crippen LogP contribution >= 0.6 is 0 Å². The average molecular weight is 456 g/mol. The van der Waals surface area contributed by atoms with Crippen molar-refractivity contribution in [2.75, 3.05) is 32.8 Å². The van der Waals surface area contributed by atoms with E-state index in [1.54, 1.807) is 11.8 Å². The van der Waals surface area contributed by atoms with Gasteiger partial charge in [0.05, 0.1) is 22.6 Å². The van der Waals surface area contributed by atoms with Crippen LogP contribution in [0.5, 0.6) is 0 Å². The Morgan fingerprint density at radius 1 is 0.969 bits per heavy atom. The van der Waals surface area contributed by atoms with Crippen LogP contribution in [0.1, 0.15) is 27.6 Å². The van der Waals surface area contributed by atoms with E-state index < -0.39 is 16.0 Å². The number of benzene rings is 2. The number of esters is 1. The highest BCUT2D eigenvalue weighted by atomic mass is 32.2. The molecule has 0 spiro atoms. The van der Waals surface area contributed by atoms with Gasteiger partial charge in [-0.25, -0.2) is 13.2 Å². The summed E-state index contributed by atoms with van der Waals surface area (Å²) in [5, 5.41) is 0.886. The van der Waals surface area contributed by atoms with Gasteiger partial charge in [0.1, 0.15) is 0 Å². The molecule has 9 heteroatoms. The van der Waals surface area contributed by atoms with Crippen LogP contribution < -0.4 is 0 Å². The van der Waals surface area contributed by atoms with Crippen LogP contribution in [0.4, 0.5) is 0 Å². The Kier molecular flexibility index (Phi) is 6.03. The third kappa shape index (κ3) is 4.01. The Hall–Kier alpha value is -3.17. The van der Waals surface area contributed by atoms with Crippen LogP contribution in [0.15, 0.2) is 59.6 Å². The smallest absolute Gasteiger partial charge is 0.338 e. The monoisotopic (exact) mass is 455 g/mol. The largest absolute Gasteiger partial charge is 0.462 e. The molecule has 0 radical (unpaired) electrons. The number of hydrogen-bond acceptors (Lipinski definition) is 5. The third-order valence-corrected chi connectivity index (χ3v) is 7.57. The van der Waals surface area contributed by atoms with Crippen molar-refractivity contribution in [3.63, 3.8) is 0 Å². The first-order valence-electron chi connectivity index (χ1n) is 10.4. The highest BCUT2D eigenvalue weighted by molar-refractivity contribution is 7.89. The van der Waals surface area contributed by atoms with Crippen molar-refractivity contribution < 1.29 is 22.7 Å². The lowest BCUT2D eigenvalue weighted by atomic mass is 10.1. The molecule has 1 aliphatic rings. The van der Waals surface area contributed by atoms with Crippen LogP contribution in [0.3, 0.4) is 0 Å². The number of carbonyl (C=O) groups excluding carboxylic acids is 2. The minimum atomic E-state index is -3.72. The van der Waals surface area contributed by atoms with Crippen molar-refractivity contribution in [2.24, 2.45) is 7.05 Å². The van der Waals surface area contributed by atoms with E-state index >= 15 is 0 Å². The van der Waals surface area contributed by atoms with Gasteiger partial charge in [-0.3, -0.25) is 4.79 Å². The maximum absolute atomic E-state index is 13.1. The van der Waals surface area contributed by atoms with E-state index in [1.807, 2.05) is 42.1 Å². The molecule has 2 aromatic carbocycles. The summed E-state index contributed by atoms with van der Waals surface area (Å²) in [6.07, 6.45) is 1.82. The third-order valence-electron chi connectivity index (χ3n) is 5.66. The summed E-state index contributed by atoms with van der Waals surface area (Å²) >= 11 is 0. The Balaban J connectivity index is 1.45. The molecule has 0 aliphatic carbocycles. The van der Waals surface area contributed by atoms with Crippen LogP contribution in [0.2, 0.25) is 0 Å². The molecular formula is C23H25N3O5S. The van der Waals surface area contributed by atoms with Gasteiger partial charge in [-0.2, -0.15) is 4.31 Å². The van der Waals surface area contributed by atoms with Gasteiger partial charge in [-0.05, 0) is 37.3 Å². The van der Waals surface area contributed by atoms with Crippen molar-refractivity contribution in [1.29, 1.82) is 0 Å². The fourth-order valence-electron chi connectivity index (χ4n) is 3.94. The average Bonchev–Trinajstić information content (AvgIpc) is 3.15. The Bertz CT molecular complexity index is 1260. The highest BCUT2D eigenvalue weighted by Gasteiger charge is 2.31. The summed E-state index contributed by atoms with van der Waals surface area (Å²) < 4.78 is 34.3. The zero-order chi connectivity index (χ0) is 22.9. The molecule has 3 aromatic rings. The number of para-hydroxylation sites is 1. The number of amides is 1. The molecule has 2 heterocycles. The summed E-state index contributed by atoms with van der Waals surface area (Å²) in [6.45, 7) is 2.99. The van der Waals surface area contributed by atoms with Crippen LogP contribution in [-0.2, 0) is 21.8 Å². The van der Waals surface area contributed by atoms with Gasteiger partial charge in [0, 0.05) is 50.3 Å². The number of hydrogen-bond donors (Lipinski definition) is 0. The van der Waals surface area contributed by atoms with Crippen molar-refractivity contribution in [2.45, 2.75) is 11.8 Å². The minimum Gasteiger partial charge on any atom is -0.462 e. The van der Waals surface area contributed by atoms with Gasteiger partial charge < -0.3 is 14.2 Å². The molecule has 0 saturated carbocycles. The van der Waals surface area contributed by atoms with Crippen molar-refractivity contribution >= 4 is 32.8 Å². The van der Waals surface area contributed by atoms with Gasteiger partial charge in [-0.15, -0.1) is 0 Å². The van der Waals surface area contributed by atoms with Gasteiger partial charge in [0.2, 0.25) is 10.0 Å². The van der Waals surface area contributed by atoms with E-state index in [0.717, 1.165) is 10.9 Å². The molecule has 8 nitrogen and oxygen atoms in total. The molecule has 1 aliphatic heterocycles. The molecule has 1 saturated heterocycles. The van der Waals surface area contributed by atoms with Crippen LogP contribution in [-0.4, -0.2) is 66.9 Å². The number of ether oxygens (including phenoxy) is 1. The predicted octanol–water partition coefficient (Wildman–Crippen LogP) is 2.50. The molecular weight excluding hydrogens is 430 g/mol. The van der Waals surface area contributed by atoms with E-state index in [9.17, 15) is 18.0 Å². The first kappa shape index (κ1) is 22.0. The SMILES string of the molecule is CCOC(=O)c1ccc(S(=O)(=O)N2CCN(C(=O)c3cn(C)c4ccccc34)CC2)cc1. The lowest BCUT2D eigenvalue weighted by Gasteiger charge is -2.34. The Morgan fingerprint density at radius 2 is 1.62 bits per heavy atom. The predicted molar refractivity (Wildman–Crippen MR) is 120 cm³/mol. The first-order valence-corrected chi connectivity index (χ1v) is 11.9. The Labute approximate surface area is 187 Å². The lowest BCUT2D eigenvalue weighted by Crippen LogP contribution is -2.50. The van der Waals surface area contributed by atoms with Crippen molar-refractivity contribution in [3.05, 3.63) is 65.9 Å². The number of sulfonamides is 1. The fraction of sp³-hybridized carbons (Fsp3) is 0.304. The lowest BCUT2D eigenvalue weighted by molar-refractivity contribution is 0.0526. The van der Waals surface area contributed by atoms with E-state index in [-0.39, 0.29) is 30.5 Å². The second-order valence-electron chi connectivity index (χ2n) is 7.61. The molecule has 1 amide bonds. The number of carbonyl (C=O) groups is 2. The maximum Gasteiger partial charge on any atom is 0.338 e. The molecule has 4 rings (SSSR count). The standard InChI is InChI=1S/C23H25N3O5S/c1-3-31-23(28)17-8-10-18(11-9-17)32(29,30)26-14-12-25(13-15-26)22(27)20-16-24(2)21-7-5-4-6-19(20)21/h4-11,16H,3,12-15H2,1-2H3. The number of aryl methyl sites for hydroxylation is 1. The Morgan fingerprint density at radius 3 is 2.28 bits per heavy atom. The summed E-state index contributed by atoms with van der Waals surface area (Å²) in [5.41, 5.74) is 1.90. The van der Waals surface area contributed by atoms with Gasteiger partial charge in [0.15, 0.2) is 0 Å². The van der Waals surface area contributed by atoms with E-state index in [2.05, 4.69) is 0 Å². The summed E-state index contributed by atoms with van der Waals surface area (Å²) in [4.78, 5) is 26.7. The number of rotatable bonds is 5. The zero-order valence-corrected chi connectivity index (χ0v) is 18.8. The van der Waals surface area contributed by atoms with Crippen molar-refractivity contribution in [3.8, 4) is 0 Å². The maximum atomic E-state index is 13.1. The summed E-state index contributed by atoms with van der Waals surface area (Å²) in [5.74, 6) is -0.588. The quantitative estimate of drug-likeness (QED) is 0.552. The number of aromatic nitrogens is 1. The topological polar surface area (TPSA) is 88.9 Å². The van der Waals surface area contributed by atoms with Gasteiger partial charge >= 0.3 is 5.97 Å². The fourth-order valence-corrected chi connectivity index (χ4v) is 5.36. The van der Waals surface area contributed by atoms with Crippen molar-refractivity contribution in [1.82, 2.24) is 13.8 Å². The molecule has 168 valence electrons. The molecule has 1 fully saturated rings. The molecule has 0 N–H and O–H groups in total. The zero-order valence-electron chi connectivity index (χ0n) is 18.0. The number of piperazine rings is 1. The normalized spacial score (nSPS) is 15.1. The minimum absolute atomic E-state index is 0.0994. The second-order valence-corrected chi connectivity index (χ2v) is 9.55. The van der Waals surface area contributed by atoms with E-state index in [4.69, 9.17) is 4.74 Å². The van der Waals surface area contributed by atoms with Crippen LogP contribution in [0, 0.1) is 0 Å². The first-order chi connectivity index (χ1) is 15.3. The molecule has 1 aromatic heterocycles. The second kappa shape index (κ2) is 8.76. The molecule has 0 unspecified atom stereocenters. The van der Waals surface area contributed by atoms with E-state index in [0.29, 0.717) is 24.2 Å². The summed E-state index contributed by atoms with van der Waals surface area (Å²) in [6, 6.07) is 13.4. The molecule has 0 bridgehead atoms. The van der Waals surface area contributed by atoms with Gasteiger partial charge in [0.25, 0.3) is 5.91 Å². The highest BCUT2D eigenvalue weighted by Crippen LogP contribution is 2.24. The summed E-state index contributed by atoms with van der Waals surface area (Å²) in [7, 11) is -1.82. The number of nitrogens with zero attached hydrogens (tertiary/aromatic N) is 3. The number of fused-ring (bicyclic) bond motifs is 1. The van der Waals surface area contributed by atoms with E-state index in [1.165, 1.54) is 28.6 Å². The molecule has 0 atom stereocenters.